The average molecular weight is 281 g/mol. The minimum Gasteiger partial charge on any atom is -0.439 e. The minimum absolute atomic E-state index is 0.00500. The second-order valence-corrected chi connectivity index (χ2v) is 3.85. The van der Waals surface area contributed by atoms with Crippen LogP contribution in [0, 0.1) is 10.1 Å². The topological polar surface area (TPSA) is 90.2 Å². The molecule has 2 aromatic rings. The van der Waals surface area contributed by atoms with Crippen LogP contribution in [0.5, 0.6) is 11.6 Å². The van der Waals surface area contributed by atoms with E-state index in [4.69, 9.17) is 16.3 Å². The summed E-state index contributed by atoms with van der Waals surface area (Å²) in [6, 6.07) is 5.65. The van der Waals surface area contributed by atoms with Gasteiger partial charge in [-0.25, -0.2) is 4.98 Å². The number of nitro groups is 1. The van der Waals surface area contributed by atoms with Gasteiger partial charge in [0.25, 0.3) is 5.69 Å². The van der Waals surface area contributed by atoms with Gasteiger partial charge in [0.15, 0.2) is 0 Å². The van der Waals surface area contributed by atoms with Crippen LogP contribution in [0.4, 0.5) is 11.6 Å². The Labute approximate surface area is 113 Å². The van der Waals surface area contributed by atoms with Crippen molar-refractivity contribution in [3.05, 3.63) is 45.6 Å². The van der Waals surface area contributed by atoms with E-state index in [1.165, 1.54) is 24.4 Å². The average Bonchev–Trinajstić information content (AvgIpc) is 2.38. The molecule has 0 bridgehead atoms. The monoisotopic (exact) mass is 280 g/mol. The first-order valence-electron chi connectivity index (χ1n) is 5.23. The maximum atomic E-state index is 10.6. The molecular weight excluding hydrogens is 272 g/mol. The first kappa shape index (κ1) is 13.0. The first-order valence-corrected chi connectivity index (χ1v) is 5.60. The summed E-state index contributed by atoms with van der Waals surface area (Å²) in [6.07, 6.45) is 1.53. The number of nitro benzene ring substituents is 1. The summed E-state index contributed by atoms with van der Waals surface area (Å²) in [5.74, 6) is 1.08. The highest BCUT2D eigenvalue weighted by Gasteiger charge is 2.13. The molecule has 1 N–H and O–H groups in total. The molecule has 0 radical (unpaired) electrons. The van der Waals surface area contributed by atoms with Crippen molar-refractivity contribution in [3.8, 4) is 11.6 Å². The SMILES string of the molecule is CNc1nccc(Oc2ccc([N+](=O)[O-])c(Cl)c2)n1. The molecule has 1 heterocycles. The molecule has 0 unspecified atom stereocenters. The third-order valence-corrected chi connectivity index (χ3v) is 2.49. The van der Waals surface area contributed by atoms with Gasteiger partial charge in [-0.3, -0.25) is 10.1 Å². The lowest BCUT2D eigenvalue weighted by atomic mass is 10.3. The van der Waals surface area contributed by atoms with Crippen molar-refractivity contribution in [3.63, 3.8) is 0 Å². The van der Waals surface area contributed by atoms with Gasteiger partial charge in [0.2, 0.25) is 11.8 Å². The Bertz CT molecular complexity index is 621. The quantitative estimate of drug-likeness (QED) is 0.684. The molecule has 19 heavy (non-hydrogen) atoms. The number of benzene rings is 1. The van der Waals surface area contributed by atoms with E-state index < -0.39 is 4.92 Å². The third-order valence-electron chi connectivity index (χ3n) is 2.19. The predicted molar refractivity (Wildman–Crippen MR) is 69.8 cm³/mol. The molecule has 0 atom stereocenters. The lowest BCUT2D eigenvalue weighted by Gasteiger charge is -2.06. The number of halogens is 1. The second-order valence-electron chi connectivity index (χ2n) is 3.44. The van der Waals surface area contributed by atoms with E-state index in [-0.39, 0.29) is 10.7 Å². The molecule has 0 fully saturated rings. The summed E-state index contributed by atoms with van der Waals surface area (Å²) in [6.45, 7) is 0. The maximum absolute atomic E-state index is 10.6. The fraction of sp³-hybridized carbons (Fsp3) is 0.0909. The lowest BCUT2D eigenvalue weighted by Crippen LogP contribution is -1.97. The normalized spacial score (nSPS) is 10.0. The summed E-state index contributed by atoms with van der Waals surface area (Å²) in [4.78, 5) is 18.1. The van der Waals surface area contributed by atoms with Gasteiger partial charge in [-0.15, -0.1) is 0 Å². The number of rotatable bonds is 4. The van der Waals surface area contributed by atoms with Crippen molar-refractivity contribution in [2.75, 3.05) is 12.4 Å². The Morgan fingerprint density at radius 3 is 2.84 bits per heavy atom. The highest BCUT2D eigenvalue weighted by molar-refractivity contribution is 6.32. The molecule has 0 aliphatic carbocycles. The molecule has 0 saturated carbocycles. The van der Waals surface area contributed by atoms with Crippen LogP contribution in [0.25, 0.3) is 0 Å². The van der Waals surface area contributed by atoms with Crippen molar-refractivity contribution >= 4 is 23.2 Å². The van der Waals surface area contributed by atoms with Crippen molar-refractivity contribution in [2.45, 2.75) is 0 Å². The number of hydrogen-bond acceptors (Lipinski definition) is 6. The molecule has 0 aliphatic rings. The van der Waals surface area contributed by atoms with E-state index >= 15 is 0 Å². The number of ether oxygens (including phenoxy) is 1. The Morgan fingerprint density at radius 2 is 2.21 bits per heavy atom. The van der Waals surface area contributed by atoms with Gasteiger partial charge in [0, 0.05) is 31.4 Å². The molecule has 0 saturated heterocycles. The van der Waals surface area contributed by atoms with E-state index in [9.17, 15) is 10.1 Å². The Balaban J connectivity index is 2.23. The van der Waals surface area contributed by atoms with Gasteiger partial charge >= 0.3 is 0 Å². The Morgan fingerprint density at radius 1 is 1.42 bits per heavy atom. The van der Waals surface area contributed by atoms with Gasteiger partial charge in [-0.05, 0) is 6.07 Å². The second kappa shape index (κ2) is 5.49. The van der Waals surface area contributed by atoms with Crippen molar-refractivity contribution in [1.82, 2.24) is 9.97 Å². The highest BCUT2D eigenvalue weighted by Crippen LogP contribution is 2.30. The smallest absolute Gasteiger partial charge is 0.288 e. The zero-order valence-electron chi connectivity index (χ0n) is 9.83. The largest absolute Gasteiger partial charge is 0.439 e. The molecule has 8 heteroatoms. The van der Waals surface area contributed by atoms with Crippen LogP contribution in [0.15, 0.2) is 30.5 Å². The zero-order valence-corrected chi connectivity index (χ0v) is 10.6. The van der Waals surface area contributed by atoms with Crippen LogP contribution in [0.2, 0.25) is 5.02 Å². The zero-order chi connectivity index (χ0) is 13.8. The standard InChI is InChI=1S/C11H9ClN4O3/c1-13-11-14-5-4-10(15-11)19-7-2-3-9(16(17)18)8(12)6-7/h2-6H,1H3,(H,13,14,15). The number of anilines is 1. The molecular formula is C11H9ClN4O3. The Hall–Kier alpha value is -2.41. The number of hydrogen-bond donors (Lipinski definition) is 1. The third kappa shape index (κ3) is 3.08. The number of nitrogens with one attached hydrogen (secondary N) is 1. The molecule has 1 aromatic carbocycles. The van der Waals surface area contributed by atoms with Crippen LogP contribution in [0.1, 0.15) is 0 Å². The van der Waals surface area contributed by atoms with E-state index in [2.05, 4.69) is 15.3 Å². The summed E-state index contributed by atoms with van der Waals surface area (Å²) >= 11 is 5.78. The molecule has 2 rings (SSSR count). The summed E-state index contributed by atoms with van der Waals surface area (Å²) < 4.78 is 5.44. The van der Waals surface area contributed by atoms with E-state index in [1.54, 1.807) is 13.1 Å². The fourth-order valence-corrected chi connectivity index (χ4v) is 1.58. The van der Waals surface area contributed by atoms with Crippen molar-refractivity contribution in [2.24, 2.45) is 0 Å². The first-order chi connectivity index (χ1) is 9.10. The Kier molecular flexibility index (Phi) is 3.76. The maximum Gasteiger partial charge on any atom is 0.288 e. The molecule has 98 valence electrons. The van der Waals surface area contributed by atoms with Crippen LogP contribution in [-0.4, -0.2) is 21.9 Å². The van der Waals surface area contributed by atoms with Gasteiger partial charge in [-0.2, -0.15) is 4.98 Å². The van der Waals surface area contributed by atoms with E-state index in [0.29, 0.717) is 17.6 Å². The van der Waals surface area contributed by atoms with Gasteiger partial charge in [0.05, 0.1) is 4.92 Å². The van der Waals surface area contributed by atoms with Crippen LogP contribution in [-0.2, 0) is 0 Å². The number of nitrogens with zero attached hydrogens (tertiary/aromatic N) is 3. The molecule has 0 spiro atoms. The van der Waals surface area contributed by atoms with E-state index in [0.717, 1.165) is 0 Å². The summed E-state index contributed by atoms with van der Waals surface area (Å²) in [7, 11) is 1.68. The molecule has 0 aliphatic heterocycles. The minimum atomic E-state index is -0.560. The van der Waals surface area contributed by atoms with Gasteiger partial charge in [-0.1, -0.05) is 11.6 Å². The van der Waals surface area contributed by atoms with Crippen LogP contribution in [0.3, 0.4) is 0 Å². The molecule has 1 aromatic heterocycles. The van der Waals surface area contributed by atoms with Gasteiger partial charge < -0.3 is 10.1 Å². The summed E-state index contributed by atoms with van der Waals surface area (Å²) in [5.41, 5.74) is -0.174. The van der Waals surface area contributed by atoms with Gasteiger partial charge in [0.1, 0.15) is 10.8 Å². The highest BCUT2D eigenvalue weighted by atomic mass is 35.5. The van der Waals surface area contributed by atoms with Crippen molar-refractivity contribution in [1.29, 1.82) is 0 Å². The van der Waals surface area contributed by atoms with Crippen molar-refractivity contribution < 1.29 is 9.66 Å². The van der Waals surface area contributed by atoms with Crippen LogP contribution >= 0.6 is 11.6 Å². The van der Waals surface area contributed by atoms with Crippen LogP contribution < -0.4 is 10.1 Å². The fourth-order valence-electron chi connectivity index (χ4n) is 1.34. The predicted octanol–water partition coefficient (Wildman–Crippen LogP) is 2.87. The molecule has 0 amide bonds. The summed E-state index contributed by atoms with van der Waals surface area (Å²) in [5, 5.41) is 13.4. The lowest BCUT2D eigenvalue weighted by molar-refractivity contribution is -0.384. The molecule has 7 nitrogen and oxygen atoms in total. The van der Waals surface area contributed by atoms with E-state index in [1.807, 2.05) is 0 Å². The number of aromatic nitrogens is 2.